The van der Waals surface area contributed by atoms with Crippen LogP contribution in [0.5, 0.6) is 0 Å². The van der Waals surface area contributed by atoms with Gasteiger partial charge < -0.3 is 15.1 Å². The molecule has 1 atom stereocenters. The molecule has 0 unspecified atom stereocenters. The molecule has 0 aromatic heterocycles. The molecule has 0 radical (unpaired) electrons. The van der Waals surface area contributed by atoms with Gasteiger partial charge in [-0.15, -0.1) is 23.5 Å². The van der Waals surface area contributed by atoms with E-state index in [0.717, 1.165) is 29.0 Å². The summed E-state index contributed by atoms with van der Waals surface area (Å²) in [5.41, 5.74) is 1.57. The SMILES string of the molecule is CCCC[C@]1(C)CN(c2ccccc2)c2cc(SCCO)c(CSCC(=O)O)cc2S(=O)(=O)N1. The minimum Gasteiger partial charge on any atom is -0.481 e. The second-order valence-electron chi connectivity index (χ2n) is 8.58. The van der Waals surface area contributed by atoms with Crippen LogP contribution in [-0.2, 0) is 20.6 Å². The van der Waals surface area contributed by atoms with Crippen LogP contribution in [0.15, 0.2) is 52.3 Å². The van der Waals surface area contributed by atoms with Crippen LogP contribution >= 0.6 is 23.5 Å². The number of unbranched alkanes of at least 4 members (excludes halogenated alkanes) is 1. The molecule has 0 fully saturated rings. The number of anilines is 2. The van der Waals surface area contributed by atoms with Crippen LogP contribution in [0.2, 0.25) is 0 Å². The van der Waals surface area contributed by atoms with Crippen LogP contribution in [-0.4, -0.2) is 54.8 Å². The van der Waals surface area contributed by atoms with E-state index in [-0.39, 0.29) is 17.3 Å². The van der Waals surface area contributed by atoms with Gasteiger partial charge >= 0.3 is 5.97 Å². The van der Waals surface area contributed by atoms with Crippen molar-refractivity contribution in [3.05, 3.63) is 48.0 Å². The summed E-state index contributed by atoms with van der Waals surface area (Å²) in [7, 11) is -3.83. The number of sulfonamides is 1. The number of para-hydroxylation sites is 1. The summed E-state index contributed by atoms with van der Waals surface area (Å²) in [5, 5.41) is 18.4. The first-order valence-electron chi connectivity index (χ1n) is 11.3. The molecule has 3 rings (SSSR count). The molecular weight excluding hydrogens is 492 g/mol. The lowest BCUT2D eigenvalue weighted by molar-refractivity contribution is -0.133. The number of aliphatic hydroxyl groups is 1. The maximum atomic E-state index is 13.6. The highest BCUT2D eigenvalue weighted by atomic mass is 32.2. The molecule has 34 heavy (non-hydrogen) atoms. The first kappa shape index (κ1) is 26.9. The molecule has 186 valence electrons. The number of thioether (sulfide) groups is 2. The zero-order valence-corrected chi connectivity index (χ0v) is 21.9. The first-order valence-corrected chi connectivity index (χ1v) is 14.9. The number of aliphatic carboxylic acids is 1. The molecule has 0 spiro atoms. The van der Waals surface area contributed by atoms with Crippen molar-refractivity contribution >= 4 is 50.9 Å². The topological polar surface area (TPSA) is 107 Å². The fourth-order valence-electron chi connectivity index (χ4n) is 4.05. The van der Waals surface area contributed by atoms with Crippen molar-refractivity contribution in [3.63, 3.8) is 0 Å². The molecule has 1 heterocycles. The Kier molecular flexibility index (Phi) is 9.34. The third-order valence-corrected chi connectivity index (χ3v) is 9.30. The van der Waals surface area contributed by atoms with Crippen LogP contribution in [0.25, 0.3) is 0 Å². The first-order chi connectivity index (χ1) is 16.2. The number of carboxylic acids is 1. The minimum absolute atomic E-state index is 0.0131. The lowest BCUT2D eigenvalue weighted by Gasteiger charge is -2.34. The third-order valence-electron chi connectivity index (χ3n) is 5.59. The molecule has 10 heteroatoms. The van der Waals surface area contributed by atoms with Crippen molar-refractivity contribution in [1.29, 1.82) is 0 Å². The van der Waals surface area contributed by atoms with E-state index in [4.69, 9.17) is 5.11 Å². The fraction of sp³-hybridized carbons (Fsp3) is 0.458. The zero-order valence-electron chi connectivity index (χ0n) is 19.5. The molecule has 0 aliphatic carbocycles. The van der Waals surface area contributed by atoms with Gasteiger partial charge in [0.1, 0.15) is 4.90 Å². The van der Waals surface area contributed by atoms with Crippen molar-refractivity contribution < 1.29 is 23.4 Å². The lowest BCUT2D eigenvalue weighted by atomic mass is 9.95. The standard InChI is InChI=1S/C24H32N2O5S3/c1-3-4-10-24(2)17-26(19-8-6-5-7-9-19)20-14-21(33-12-11-27)18(15-32-16-23(28)29)13-22(20)34(30,31)25-24/h5-9,13-14,25,27H,3-4,10-12,15-17H2,1-2H3,(H,28,29)/t24-/m1/s1. The average Bonchev–Trinajstić information content (AvgIpc) is 2.88. The van der Waals surface area contributed by atoms with E-state index in [1.54, 1.807) is 6.07 Å². The Balaban J connectivity index is 2.17. The molecule has 0 saturated heterocycles. The summed E-state index contributed by atoms with van der Waals surface area (Å²) >= 11 is 2.67. The van der Waals surface area contributed by atoms with Crippen molar-refractivity contribution in [1.82, 2.24) is 4.72 Å². The predicted molar refractivity (Wildman–Crippen MR) is 140 cm³/mol. The Morgan fingerprint density at radius 1 is 1.24 bits per heavy atom. The van der Waals surface area contributed by atoms with Crippen molar-refractivity contribution in [2.75, 3.05) is 29.6 Å². The molecular formula is C24H32N2O5S3. The van der Waals surface area contributed by atoms with E-state index in [2.05, 4.69) is 16.5 Å². The van der Waals surface area contributed by atoms with Gasteiger partial charge in [0, 0.05) is 34.2 Å². The van der Waals surface area contributed by atoms with Crippen LogP contribution < -0.4 is 9.62 Å². The Hall–Kier alpha value is -1.72. The fourth-order valence-corrected chi connectivity index (χ4v) is 7.37. The van der Waals surface area contributed by atoms with Gasteiger partial charge in [0.25, 0.3) is 0 Å². The predicted octanol–water partition coefficient (Wildman–Crippen LogP) is 4.47. The summed E-state index contributed by atoms with van der Waals surface area (Å²) in [4.78, 5) is 14.1. The van der Waals surface area contributed by atoms with E-state index < -0.39 is 21.5 Å². The Morgan fingerprint density at radius 2 is 1.97 bits per heavy atom. The number of carbonyl (C=O) groups is 1. The number of benzene rings is 2. The minimum atomic E-state index is -3.83. The summed E-state index contributed by atoms with van der Waals surface area (Å²) in [6.07, 6.45) is 2.56. The monoisotopic (exact) mass is 524 g/mol. The van der Waals surface area contributed by atoms with Gasteiger partial charge in [0.2, 0.25) is 10.0 Å². The molecule has 0 bridgehead atoms. The number of hydrogen-bond acceptors (Lipinski definition) is 7. The highest BCUT2D eigenvalue weighted by Gasteiger charge is 2.39. The number of fused-ring (bicyclic) bond motifs is 1. The van der Waals surface area contributed by atoms with Gasteiger partial charge in [-0.1, -0.05) is 38.0 Å². The number of rotatable bonds is 11. The van der Waals surface area contributed by atoms with Crippen LogP contribution in [0.3, 0.4) is 0 Å². The van der Waals surface area contributed by atoms with E-state index in [9.17, 15) is 18.3 Å². The number of nitrogens with one attached hydrogen (secondary N) is 1. The number of nitrogens with zero attached hydrogens (tertiary/aromatic N) is 1. The molecule has 2 aromatic rings. The normalized spacial score (nSPS) is 19.4. The zero-order chi connectivity index (χ0) is 24.8. The van der Waals surface area contributed by atoms with Gasteiger partial charge in [0.15, 0.2) is 0 Å². The summed E-state index contributed by atoms with van der Waals surface area (Å²) in [6, 6.07) is 13.3. The lowest BCUT2D eigenvalue weighted by Crippen LogP contribution is -2.50. The van der Waals surface area contributed by atoms with Crippen LogP contribution in [0.4, 0.5) is 11.4 Å². The molecule has 3 N–H and O–H groups in total. The third kappa shape index (κ3) is 6.69. The van der Waals surface area contributed by atoms with Crippen LogP contribution in [0.1, 0.15) is 38.7 Å². The average molecular weight is 525 g/mol. The molecule has 2 aromatic carbocycles. The van der Waals surface area contributed by atoms with Gasteiger partial charge in [-0.3, -0.25) is 4.79 Å². The van der Waals surface area contributed by atoms with Gasteiger partial charge in [-0.05, 0) is 43.2 Å². The van der Waals surface area contributed by atoms with Gasteiger partial charge in [0.05, 0.1) is 18.0 Å². The Bertz CT molecular complexity index is 1100. The number of carboxylic acid groups (broad SMARTS) is 1. The van der Waals surface area contributed by atoms with E-state index in [0.29, 0.717) is 30.2 Å². The molecule has 1 aliphatic rings. The molecule has 0 amide bonds. The van der Waals surface area contributed by atoms with Crippen molar-refractivity contribution in [2.24, 2.45) is 0 Å². The van der Waals surface area contributed by atoms with E-state index in [1.807, 2.05) is 43.3 Å². The quantitative estimate of drug-likeness (QED) is 0.370. The second-order valence-corrected chi connectivity index (χ2v) is 12.4. The van der Waals surface area contributed by atoms with Crippen molar-refractivity contribution in [3.8, 4) is 0 Å². The highest BCUT2D eigenvalue weighted by Crippen LogP contribution is 2.41. The summed E-state index contributed by atoms with van der Waals surface area (Å²) < 4.78 is 30.2. The summed E-state index contributed by atoms with van der Waals surface area (Å²) in [5.74, 6) is -0.167. The molecule has 7 nitrogen and oxygen atoms in total. The molecule has 0 saturated carbocycles. The van der Waals surface area contributed by atoms with Crippen molar-refractivity contribution in [2.45, 2.75) is 54.2 Å². The van der Waals surface area contributed by atoms with E-state index >= 15 is 0 Å². The number of hydrogen-bond donors (Lipinski definition) is 3. The van der Waals surface area contributed by atoms with Crippen LogP contribution in [0, 0.1) is 0 Å². The second kappa shape index (κ2) is 11.8. The van der Waals surface area contributed by atoms with Gasteiger partial charge in [-0.25, -0.2) is 13.1 Å². The van der Waals surface area contributed by atoms with Gasteiger partial charge in [-0.2, -0.15) is 0 Å². The Labute approximate surface area is 210 Å². The molecule has 1 aliphatic heterocycles. The highest BCUT2D eigenvalue weighted by molar-refractivity contribution is 8.00. The Morgan fingerprint density at radius 3 is 2.62 bits per heavy atom. The maximum Gasteiger partial charge on any atom is 0.313 e. The number of aliphatic hydroxyl groups excluding tert-OH is 1. The maximum absolute atomic E-state index is 13.6. The van der Waals surface area contributed by atoms with E-state index in [1.165, 1.54) is 23.5 Å². The smallest absolute Gasteiger partial charge is 0.313 e. The summed E-state index contributed by atoms with van der Waals surface area (Å²) in [6.45, 7) is 4.50. The largest absolute Gasteiger partial charge is 0.481 e.